The van der Waals surface area contributed by atoms with E-state index < -0.39 is 13.7 Å². The van der Waals surface area contributed by atoms with Gasteiger partial charge in [-0.05, 0) is 50.9 Å². The molecule has 0 heterocycles. The van der Waals surface area contributed by atoms with E-state index in [1.807, 2.05) is 32.0 Å². The first-order valence-electron chi connectivity index (χ1n) is 12.3. The molecule has 5 heteroatoms. The van der Waals surface area contributed by atoms with Crippen molar-refractivity contribution in [2.24, 2.45) is 5.41 Å². The molecular weight excluding hydrogens is 428 g/mol. The molecule has 0 aliphatic heterocycles. The molecule has 33 heavy (non-hydrogen) atoms. The van der Waals surface area contributed by atoms with Gasteiger partial charge >= 0.3 is 5.97 Å². The van der Waals surface area contributed by atoms with E-state index in [4.69, 9.17) is 13.9 Å². The molecule has 0 radical (unpaired) electrons. The summed E-state index contributed by atoms with van der Waals surface area (Å²) in [5.74, 6) is 7.29. The standard InChI is InChI=1S/C28H46O4Si/c1-10-11-17-22-31-24-19-15-14-18-23(24)25(32-33(8,9)27(2,3)4)20-13-12-16-21-28(5,6)26(29)30-7/h14-15,18-19,25H,10-11,16-17,20-22H2,1-9H3. The lowest BCUT2D eigenvalue weighted by Crippen LogP contribution is -2.41. The van der Waals surface area contributed by atoms with Crippen molar-refractivity contribution in [2.75, 3.05) is 13.7 Å². The third-order valence-electron chi connectivity index (χ3n) is 6.54. The molecule has 1 atom stereocenters. The highest BCUT2D eigenvalue weighted by Gasteiger charge is 2.39. The number of para-hydroxylation sites is 1. The van der Waals surface area contributed by atoms with Crippen LogP contribution in [0.1, 0.15) is 91.7 Å². The maximum absolute atomic E-state index is 11.9. The van der Waals surface area contributed by atoms with E-state index in [0.29, 0.717) is 25.9 Å². The van der Waals surface area contributed by atoms with E-state index >= 15 is 0 Å². The number of ether oxygens (including phenoxy) is 2. The Morgan fingerprint density at radius 2 is 1.73 bits per heavy atom. The Hall–Kier alpha value is -1.77. The van der Waals surface area contributed by atoms with Crippen LogP contribution in [0, 0.1) is 17.3 Å². The van der Waals surface area contributed by atoms with Gasteiger partial charge in [0.1, 0.15) is 5.75 Å². The predicted octanol–water partition coefficient (Wildman–Crippen LogP) is 7.69. The van der Waals surface area contributed by atoms with Crippen molar-refractivity contribution >= 4 is 14.3 Å². The number of carbonyl (C=O) groups excluding carboxylic acids is 1. The van der Waals surface area contributed by atoms with Gasteiger partial charge in [0.25, 0.3) is 0 Å². The van der Waals surface area contributed by atoms with Crippen molar-refractivity contribution in [3.8, 4) is 17.6 Å². The van der Waals surface area contributed by atoms with E-state index in [-0.39, 0.29) is 17.1 Å². The van der Waals surface area contributed by atoms with Gasteiger partial charge < -0.3 is 13.9 Å². The molecule has 0 aliphatic carbocycles. The molecule has 1 aromatic rings. The molecule has 0 bridgehead atoms. The molecule has 0 N–H and O–H groups in total. The van der Waals surface area contributed by atoms with Crippen molar-refractivity contribution in [3.05, 3.63) is 29.8 Å². The van der Waals surface area contributed by atoms with Crippen LogP contribution >= 0.6 is 0 Å². The fourth-order valence-electron chi connectivity index (χ4n) is 3.17. The van der Waals surface area contributed by atoms with Crippen LogP contribution in [0.3, 0.4) is 0 Å². The van der Waals surface area contributed by atoms with E-state index in [1.54, 1.807) is 0 Å². The molecule has 1 aromatic carbocycles. The summed E-state index contributed by atoms with van der Waals surface area (Å²) in [6, 6.07) is 8.20. The van der Waals surface area contributed by atoms with E-state index in [9.17, 15) is 4.79 Å². The van der Waals surface area contributed by atoms with Crippen molar-refractivity contribution < 1.29 is 18.7 Å². The molecule has 1 unspecified atom stereocenters. The lowest BCUT2D eigenvalue weighted by atomic mass is 9.88. The molecule has 1 rings (SSSR count). The summed E-state index contributed by atoms with van der Waals surface area (Å²) in [7, 11) is -0.590. The van der Waals surface area contributed by atoms with Crippen molar-refractivity contribution in [1.82, 2.24) is 0 Å². The fraction of sp³-hybridized carbons (Fsp3) is 0.679. The smallest absolute Gasteiger partial charge is 0.311 e. The Labute approximate surface area is 203 Å². The minimum atomic E-state index is -2.02. The minimum absolute atomic E-state index is 0.0974. The van der Waals surface area contributed by atoms with Crippen LogP contribution in [0.5, 0.6) is 5.75 Å². The summed E-state index contributed by atoms with van der Waals surface area (Å²) in [5, 5.41) is 0.0974. The predicted molar refractivity (Wildman–Crippen MR) is 140 cm³/mol. The number of methoxy groups -OCH3 is 1. The Morgan fingerprint density at radius 3 is 2.33 bits per heavy atom. The number of hydrogen-bond donors (Lipinski definition) is 0. The summed E-state index contributed by atoms with van der Waals surface area (Å²) in [6.45, 7) is 18.0. The molecular formula is C28H46O4Si. The highest BCUT2D eigenvalue weighted by atomic mass is 28.4. The fourth-order valence-corrected chi connectivity index (χ4v) is 4.44. The minimum Gasteiger partial charge on any atom is -0.493 e. The summed E-state index contributed by atoms with van der Waals surface area (Å²) in [4.78, 5) is 11.9. The monoisotopic (exact) mass is 474 g/mol. The van der Waals surface area contributed by atoms with E-state index in [0.717, 1.165) is 17.7 Å². The van der Waals surface area contributed by atoms with Crippen LogP contribution in [-0.2, 0) is 14.0 Å². The third kappa shape index (κ3) is 9.55. The Bertz CT molecular complexity index is 796. The topological polar surface area (TPSA) is 44.8 Å². The SMILES string of the molecule is CCCCCOc1ccccc1C(CC#CCCC(C)(C)C(=O)OC)O[Si](C)(C)C(C)(C)C. The van der Waals surface area contributed by atoms with E-state index in [2.05, 4.69) is 58.7 Å². The molecule has 0 saturated carbocycles. The molecule has 0 amide bonds. The van der Waals surface area contributed by atoms with Crippen LogP contribution in [0.25, 0.3) is 0 Å². The Kier molecular flexibility index (Phi) is 11.7. The van der Waals surface area contributed by atoms with Gasteiger partial charge in [0.2, 0.25) is 0 Å². The van der Waals surface area contributed by atoms with Gasteiger partial charge in [0, 0.05) is 18.4 Å². The second-order valence-electron chi connectivity index (χ2n) is 10.9. The summed E-state index contributed by atoms with van der Waals surface area (Å²) in [5.41, 5.74) is 0.544. The molecule has 0 spiro atoms. The van der Waals surface area contributed by atoms with Crippen molar-refractivity contribution in [2.45, 2.75) is 104 Å². The molecule has 0 aromatic heterocycles. The lowest BCUT2D eigenvalue weighted by molar-refractivity contribution is -0.151. The van der Waals surface area contributed by atoms with Gasteiger partial charge in [-0.2, -0.15) is 0 Å². The molecule has 186 valence electrons. The van der Waals surface area contributed by atoms with Crippen LogP contribution < -0.4 is 4.74 Å². The molecule has 0 fully saturated rings. The first kappa shape index (κ1) is 29.3. The number of benzene rings is 1. The largest absolute Gasteiger partial charge is 0.493 e. The zero-order valence-electron chi connectivity index (χ0n) is 22.5. The molecule has 0 aliphatic rings. The summed E-state index contributed by atoms with van der Waals surface area (Å²) < 4.78 is 17.9. The van der Waals surface area contributed by atoms with Gasteiger partial charge in [0.15, 0.2) is 8.32 Å². The zero-order chi connectivity index (χ0) is 25.1. The van der Waals surface area contributed by atoms with Gasteiger partial charge in [0.05, 0.1) is 25.2 Å². The van der Waals surface area contributed by atoms with Gasteiger partial charge in [-0.3, -0.25) is 4.79 Å². The van der Waals surface area contributed by atoms with E-state index in [1.165, 1.54) is 20.0 Å². The van der Waals surface area contributed by atoms with Crippen LogP contribution in [0.2, 0.25) is 18.1 Å². The van der Waals surface area contributed by atoms with Gasteiger partial charge in [-0.1, -0.05) is 58.7 Å². The first-order valence-corrected chi connectivity index (χ1v) is 15.2. The Balaban J connectivity index is 3.05. The lowest BCUT2D eigenvalue weighted by Gasteiger charge is -2.39. The summed E-state index contributed by atoms with van der Waals surface area (Å²) >= 11 is 0. The normalized spacial score (nSPS) is 13.1. The first-order chi connectivity index (χ1) is 15.4. The number of esters is 1. The Morgan fingerprint density at radius 1 is 1.06 bits per heavy atom. The average Bonchev–Trinajstić information content (AvgIpc) is 2.74. The van der Waals surface area contributed by atoms with Crippen molar-refractivity contribution in [1.29, 1.82) is 0 Å². The highest BCUT2D eigenvalue weighted by Crippen LogP contribution is 2.42. The zero-order valence-corrected chi connectivity index (χ0v) is 23.5. The van der Waals surface area contributed by atoms with Crippen molar-refractivity contribution in [3.63, 3.8) is 0 Å². The maximum atomic E-state index is 11.9. The quantitative estimate of drug-likeness (QED) is 0.135. The number of carbonyl (C=O) groups is 1. The van der Waals surface area contributed by atoms with Gasteiger partial charge in [-0.25, -0.2) is 0 Å². The van der Waals surface area contributed by atoms with Crippen LogP contribution in [-0.4, -0.2) is 28.0 Å². The number of rotatable bonds is 12. The number of unbranched alkanes of at least 4 members (excludes halogenated alkanes) is 2. The second kappa shape index (κ2) is 13.2. The number of hydrogen-bond acceptors (Lipinski definition) is 4. The van der Waals surface area contributed by atoms with Crippen LogP contribution in [0.4, 0.5) is 0 Å². The van der Waals surface area contributed by atoms with Crippen LogP contribution in [0.15, 0.2) is 24.3 Å². The maximum Gasteiger partial charge on any atom is 0.311 e. The molecule has 4 nitrogen and oxygen atoms in total. The molecule has 0 saturated heterocycles. The average molecular weight is 475 g/mol. The third-order valence-corrected chi connectivity index (χ3v) is 11.0. The highest BCUT2D eigenvalue weighted by molar-refractivity contribution is 6.74. The van der Waals surface area contributed by atoms with Gasteiger partial charge in [-0.15, -0.1) is 11.8 Å². The summed E-state index contributed by atoms with van der Waals surface area (Å²) in [6.07, 6.45) is 5.15. The second-order valence-corrected chi connectivity index (χ2v) is 15.6.